The highest BCUT2D eigenvalue weighted by Crippen LogP contribution is 2.41. The van der Waals surface area contributed by atoms with E-state index in [0.717, 1.165) is 17.9 Å². The lowest BCUT2D eigenvalue weighted by atomic mass is 9.94. The Morgan fingerprint density at radius 3 is 2.62 bits per heavy atom. The van der Waals surface area contributed by atoms with Crippen LogP contribution in [0.4, 0.5) is 16.2 Å². The van der Waals surface area contributed by atoms with Crippen LogP contribution in [0.25, 0.3) is 0 Å². The normalized spacial score (nSPS) is 21.1. The number of quaternary nitrogens is 1. The number of benzene rings is 2. The van der Waals surface area contributed by atoms with E-state index in [1.54, 1.807) is 47.4 Å². The van der Waals surface area contributed by atoms with Gasteiger partial charge < -0.3 is 20.6 Å². The Kier molecular flexibility index (Phi) is 7.05. The van der Waals surface area contributed by atoms with E-state index in [-0.39, 0.29) is 0 Å². The van der Waals surface area contributed by atoms with Gasteiger partial charge >= 0.3 is 6.03 Å². The first-order chi connectivity index (χ1) is 15.4. The fourth-order valence-electron chi connectivity index (χ4n) is 4.44. The van der Waals surface area contributed by atoms with Crippen LogP contribution in [0, 0.1) is 0 Å². The number of hydrogen-bond acceptors (Lipinski definition) is 3. The Morgan fingerprint density at radius 1 is 1.19 bits per heavy atom. The molecule has 0 saturated carbocycles. The lowest BCUT2D eigenvalue weighted by Gasteiger charge is -2.42. The number of likely N-dealkylation sites (tertiary alicyclic amines) is 1. The Hall–Kier alpha value is -2.13. The standard InChI is InChI=1S/C23H26BrClN4O3/c24-16-5-10-20-19(15-16)23(32,21(30)26-11-4-14-28-12-2-1-3-13-28)29(22(31)27-20)18-8-6-17(25)7-9-18/h5-10,15,32H,1-4,11-14H2,(H,26,30)(H,27,31)/p+1. The van der Waals surface area contributed by atoms with E-state index in [2.05, 4.69) is 26.6 Å². The first-order valence-corrected chi connectivity index (χ1v) is 12.1. The molecule has 0 radical (unpaired) electrons. The summed E-state index contributed by atoms with van der Waals surface area (Å²) in [5, 5.41) is 17.9. The number of anilines is 2. The number of halogens is 2. The van der Waals surface area contributed by atoms with Crippen molar-refractivity contribution in [2.45, 2.75) is 31.4 Å². The van der Waals surface area contributed by atoms with Gasteiger partial charge in [-0.1, -0.05) is 27.5 Å². The van der Waals surface area contributed by atoms with Crippen molar-refractivity contribution in [3.8, 4) is 0 Å². The third kappa shape index (κ3) is 4.64. The van der Waals surface area contributed by atoms with Gasteiger partial charge in [0, 0.05) is 33.7 Å². The average molecular weight is 523 g/mol. The zero-order valence-electron chi connectivity index (χ0n) is 17.7. The number of carbonyl (C=O) groups is 2. The maximum Gasteiger partial charge on any atom is 0.329 e. The number of hydrogen-bond donors (Lipinski definition) is 4. The minimum atomic E-state index is -2.22. The fourth-order valence-corrected chi connectivity index (χ4v) is 4.92. The zero-order valence-corrected chi connectivity index (χ0v) is 20.0. The molecule has 2 aliphatic rings. The lowest BCUT2D eigenvalue weighted by Crippen LogP contribution is -3.12. The lowest BCUT2D eigenvalue weighted by molar-refractivity contribution is -0.905. The second-order valence-corrected chi connectivity index (χ2v) is 9.63. The summed E-state index contributed by atoms with van der Waals surface area (Å²) < 4.78 is 0.684. The highest BCUT2D eigenvalue weighted by Gasteiger charge is 2.52. The first-order valence-electron chi connectivity index (χ1n) is 10.9. The molecule has 0 spiro atoms. The molecule has 2 aromatic rings. The van der Waals surface area contributed by atoms with Crippen LogP contribution in [-0.4, -0.2) is 43.2 Å². The molecule has 32 heavy (non-hydrogen) atoms. The SMILES string of the molecule is O=C1Nc2ccc(Br)cc2C(O)(C(=O)NCCC[NH+]2CCCCC2)N1c1ccc(Cl)cc1. The number of rotatable bonds is 6. The van der Waals surface area contributed by atoms with Crippen LogP contribution >= 0.6 is 27.5 Å². The van der Waals surface area contributed by atoms with E-state index >= 15 is 0 Å². The molecular formula is C23H27BrClN4O3+. The van der Waals surface area contributed by atoms with Crippen molar-refractivity contribution >= 4 is 50.8 Å². The van der Waals surface area contributed by atoms with Gasteiger partial charge in [0.05, 0.1) is 25.3 Å². The number of nitrogens with zero attached hydrogens (tertiary/aromatic N) is 1. The van der Waals surface area contributed by atoms with E-state index in [1.807, 2.05) is 0 Å². The molecule has 2 aliphatic heterocycles. The summed E-state index contributed by atoms with van der Waals surface area (Å²) in [6.07, 6.45) is 4.59. The Labute approximate surface area is 200 Å². The van der Waals surface area contributed by atoms with Crippen molar-refractivity contribution in [3.05, 3.63) is 57.5 Å². The molecule has 2 heterocycles. The largest absolute Gasteiger partial charge is 0.359 e. The number of piperidine rings is 1. The van der Waals surface area contributed by atoms with Crippen LogP contribution in [0.5, 0.6) is 0 Å². The average Bonchev–Trinajstić information content (AvgIpc) is 2.79. The summed E-state index contributed by atoms with van der Waals surface area (Å²) in [4.78, 5) is 29.0. The summed E-state index contributed by atoms with van der Waals surface area (Å²) in [6, 6.07) is 10.9. The number of fused-ring (bicyclic) bond motifs is 1. The molecule has 1 fully saturated rings. The number of carbonyl (C=O) groups excluding carboxylic acids is 2. The molecule has 170 valence electrons. The number of amides is 3. The van der Waals surface area contributed by atoms with E-state index in [9.17, 15) is 14.7 Å². The minimum Gasteiger partial charge on any atom is -0.359 e. The van der Waals surface area contributed by atoms with Crippen molar-refractivity contribution in [1.82, 2.24) is 5.32 Å². The molecule has 1 unspecified atom stereocenters. The highest BCUT2D eigenvalue weighted by atomic mass is 79.9. The molecule has 4 N–H and O–H groups in total. The molecule has 3 amide bonds. The van der Waals surface area contributed by atoms with Gasteiger partial charge in [-0.25, -0.2) is 4.79 Å². The molecular weight excluding hydrogens is 496 g/mol. The van der Waals surface area contributed by atoms with Crippen LogP contribution in [0.2, 0.25) is 5.02 Å². The molecule has 1 atom stereocenters. The van der Waals surface area contributed by atoms with Gasteiger partial charge in [-0.05, 0) is 61.7 Å². The van der Waals surface area contributed by atoms with Gasteiger partial charge in [-0.15, -0.1) is 0 Å². The topological polar surface area (TPSA) is 86.1 Å². The second kappa shape index (κ2) is 9.79. The van der Waals surface area contributed by atoms with Crippen LogP contribution in [-0.2, 0) is 10.5 Å². The summed E-state index contributed by atoms with van der Waals surface area (Å²) in [5.41, 5.74) is -1.18. The Balaban J connectivity index is 1.59. The predicted octanol–water partition coefficient (Wildman–Crippen LogP) is 2.87. The molecule has 2 aromatic carbocycles. The quantitative estimate of drug-likeness (QED) is 0.440. The van der Waals surface area contributed by atoms with E-state index in [4.69, 9.17) is 11.6 Å². The van der Waals surface area contributed by atoms with Crippen molar-refractivity contribution in [2.75, 3.05) is 36.4 Å². The monoisotopic (exact) mass is 521 g/mol. The van der Waals surface area contributed by atoms with Gasteiger partial charge in [0.2, 0.25) is 0 Å². The Bertz CT molecular complexity index is 997. The summed E-state index contributed by atoms with van der Waals surface area (Å²) >= 11 is 9.41. The summed E-state index contributed by atoms with van der Waals surface area (Å²) in [7, 11) is 0. The molecule has 9 heteroatoms. The first kappa shape index (κ1) is 23.0. The van der Waals surface area contributed by atoms with Crippen LogP contribution in [0.15, 0.2) is 46.9 Å². The second-order valence-electron chi connectivity index (χ2n) is 8.27. The molecule has 0 aliphatic carbocycles. The molecule has 1 saturated heterocycles. The molecule has 4 rings (SSSR count). The van der Waals surface area contributed by atoms with E-state index in [1.165, 1.54) is 32.4 Å². The third-order valence-electron chi connectivity index (χ3n) is 6.08. The number of nitrogens with one attached hydrogen (secondary N) is 3. The maximum atomic E-state index is 13.4. The van der Waals surface area contributed by atoms with E-state index in [0.29, 0.717) is 33.0 Å². The number of aliphatic hydroxyl groups is 1. The van der Waals surface area contributed by atoms with Crippen LogP contribution in [0.3, 0.4) is 0 Å². The highest BCUT2D eigenvalue weighted by molar-refractivity contribution is 9.10. The van der Waals surface area contributed by atoms with Crippen LogP contribution < -0.4 is 20.4 Å². The maximum absolute atomic E-state index is 13.4. The smallest absolute Gasteiger partial charge is 0.329 e. The van der Waals surface area contributed by atoms with Crippen LogP contribution in [0.1, 0.15) is 31.2 Å². The molecule has 7 nitrogen and oxygen atoms in total. The van der Waals surface area contributed by atoms with Gasteiger partial charge in [0.1, 0.15) is 0 Å². The van der Waals surface area contributed by atoms with Crippen molar-refractivity contribution in [3.63, 3.8) is 0 Å². The van der Waals surface area contributed by atoms with Crippen molar-refractivity contribution in [1.29, 1.82) is 0 Å². The summed E-state index contributed by atoms with van der Waals surface area (Å²) in [5.74, 6) is -0.643. The zero-order chi connectivity index (χ0) is 22.7. The van der Waals surface area contributed by atoms with Gasteiger partial charge in [0.15, 0.2) is 0 Å². The third-order valence-corrected chi connectivity index (χ3v) is 6.83. The van der Waals surface area contributed by atoms with Crippen molar-refractivity contribution < 1.29 is 19.6 Å². The summed E-state index contributed by atoms with van der Waals surface area (Å²) in [6.45, 7) is 3.74. The molecule has 0 bridgehead atoms. The fraction of sp³-hybridized carbons (Fsp3) is 0.391. The van der Waals surface area contributed by atoms with E-state index < -0.39 is 17.7 Å². The Morgan fingerprint density at radius 2 is 1.91 bits per heavy atom. The minimum absolute atomic E-state index is 0.292. The number of urea groups is 1. The predicted molar refractivity (Wildman–Crippen MR) is 128 cm³/mol. The van der Waals surface area contributed by atoms with Crippen molar-refractivity contribution in [2.24, 2.45) is 0 Å². The molecule has 0 aromatic heterocycles. The van der Waals surface area contributed by atoms with Gasteiger partial charge in [-0.3, -0.25) is 9.69 Å². The van der Waals surface area contributed by atoms with Gasteiger partial charge in [-0.2, -0.15) is 0 Å². The van der Waals surface area contributed by atoms with Gasteiger partial charge in [0.25, 0.3) is 11.6 Å².